The van der Waals surface area contributed by atoms with E-state index in [9.17, 15) is 0 Å². The van der Waals surface area contributed by atoms with Crippen LogP contribution in [0.5, 0.6) is 0 Å². The second-order valence-corrected chi connectivity index (χ2v) is 4.80. The third-order valence-electron chi connectivity index (χ3n) is 2.96. The van der Waals surface area contributed by atoms with Crippen LogP contribution in [0.4, 0.5) is 0 Å². The third-order valence-corrected chi connectivity index (χ3v) is 2.96. The first-order valence-corrected chi connectivity index (χ1v) is 5.96. The van der Waals surface area contributed by atoms with E-state index in [1.54, 1.807) is 6.20 Å². The van der Waals surface area contributed by atoms with E-state index in [1.807, 2.05) is 41.2 Å². The summed E-state index contributed by atoms with van der Waals surface area (Å²) in [6.45, 7) is 3.60. The Morgan fingerprint density at radius 3 is 2.89 bits per heavy atom. The van der Waals surface area contributed by atoms with Crippen LogP contribution in [0.3, 0.4) is 0 Å². The standard InChI is InChI=1S/C15H14N2O/c1-15(11-18-12-15)7-6-13-4-2-5-14(10-13)17-9-3-8-16-17/h2-5,8-10H,11-12H2,1H3. The van der Waals surface area contributed by atoms with Gasteiger partial charge in [-0.2, -0.15) is 5.10 Å². The normalized spacial score (nSPS) is 16.5. The van der Waals surface area contributed by atoms with Gasteiger partial charge >= 0.3 is 0 Å². The van der Waals surface area contributed by atoms with Crippen LogP contribution in [0, 0.1) is 17.3 Å². The van der Waals surface area contributed by atoms with Gasteiger partial charge in [-0.25, -0.2) is 4.68 Å². The summed E-state index contributed by atoms with van der Waals surface area (Å²) >= 11 is 0. The van der Waals surface area contributed by atoms with E-state index in [4.69, 9.17) is 4.74 Å². The molecule has 1 saturated heterocycles. The largest absolute Gasteiger partial charge is 0.378 e. The van der Waals surface area contributed by atoms with Crippen LogP contribution in [-0.4, -0.2) is 23.0 Å². The molecular weight excluding hydrogens is 224 g/mol. The van der Waals surface area contributed by atoms with Crippen LogP contribution in [-0.2, 0) is 4.74 Å². The molecule has 90 valence electrons. The third kappa shape index (κ3) is 2.15. The molecule has 0 spiro atoms. The molecule has 1 aliphatic rings. The highest BCUT2D eigenvalue weighted by atomic mass is 16.5. The van der Waals surface area contributed by atoms with Crippen LogP contribution in [0.25, 0.3) is 5.69 Å². The Bertz CT molecular complexity index is 601. The molecule has 3 heteroatoms. The Morgan fingerprint density at radius 1 is 1.33 bits per heavy atom. The first-order valence-electron chi connectivity index (χ1n) is 5.96. The predicted molar refractivity (Wildman–Crippen MR) is 69.4 cm³/mol. The van der Waals surface area contributed by atoms with Gasteiger partial charge < -0.3 is 4.74 Å². The predicted octanol–water partition coefficient (Wildman–Crippen LogP) is 2.26. The van der Waals surface area contributed by atoms with Gasteiger partial charge in [-0.1, -0.05) is 17.9 Å². The van der Waals surface area contributed by atoms with Crippen molar-refractivity contribution >= 4 is 0 Å². The van der Waals surface area contributed by atoms with Crippen molar-refractivity contribution < 1.29 is 4.74 Å². The number of benzene rings is 1. The monoisotopic (exact) mass is 238 g/mol. The minimum atomic E-state index is 0.0295. The average Bonchev–Trinajstić information content (AvgIpc) is 2.88. The summed E-state index contributed by atoms with van der Waals surface area (Å²) in [5.74, 6) is 6.50. The van der Waals surface area contributed by atoms with Gasteiger partial charge in [0, 0.05) is 18.0 Å². The van der Waals surface area contributed by atoms with Crippen LogP contribution in [0.1, 0.15) is 12.5 Å². The fourth-order valence-corrected chi connectivity index (χ4v) is 1.85. The zero-order valence-corrected chi connectivity index (χ0v) is 10.3. The van der Waals surface area contributed by atoms with E-state index in [-0.39, 0.29) is 5.41 Å². The quantitative estimate of drug-likeness (QED) is 0.713. The van der Waals surface area contributed by atoms with Crippen molar-refractivity contribution in [1.29, 1.82) is 0 Å². The molecule has 0 aliphatic carbocycles. The van der Waals surface area contributed by atoms with E-state index >= 15 is 0 Å². The lowest BCUT2D eigenvalue weighted by Gasteiger charge is -2.32. The van der Waals surface area contributed by atoms with Gasteiger partial charge in [-0.05, 0) is 31.2 Å². The van der Waals surface area contributed by atoms with Gasteiger partial charge in [0.05, 0.1) is 24.3 Å². The van der Waals surface area contributed by atoms with Crippen molar-refractivity contribution in [2.75, 3.05) is 13.2 Å². The molecule has 0 unspecified atom stereocenters. The number of hydrogen-bond donors (Lipinski definition) is 0. The molecule has 2 aromatic rings. The fraction of sp³-hybridized carbons (Fsp3) is 0.267. The molecular formula is C15H14N2O. The number of hydrogen-bond acceptors (Lipinski definition) is 2. The smallest absolute Gasteiger partial charge is 0.0756 e. The number of rotatable bonds is 1. The second-order valence-electron chi connectivity index (χ2n) is 4.80. The maximum absolute atomic E-state index is 5.19. The maximum atomic E-state index is 5.19. The summed E-state index contributed by atoms with van der Waals surface area (Å²) in [7, 11) is 0. The van der Waals surface area contributed by atoms with Gasteiger partial charge in [-0.3, -0.25) is 0 Å². The molecule has 1 fully saturated rings. The molecule has 0 N–H and O–H groups in total. The molecule has 1 aromatic carbocycles. The molecule has 3 nitrogen and oxygen atoms in total. The second kappa shape index (κ2) is 4.32. The highest BCUT2D eigenvalue weighted by molar-refractivity contribution is 5.44. The summed E-state index contributed by atoms with van der Waals surface area (Å²) in [5, 5.41) is 4.21. The number of aromatic nitrogens is 2. The highest BCUT2D eigenvalue weighted by Crippen LogP contribution is 2.25. The first-order chi connectivity index (χ1) is 8.75. The first kappa shape index (κ1) is 11.1. The molecule has 1 aromatic heterocycles. The molecule has 0 amide bonds. The molecule has 0 radical (unpaired) electrons. The van der Waals surface area contributed by atoms with Gasteiger partial charge in [0.2, 0.25) is 0 Å². The number of ether oxygens (including phenoxy) is 1. The van der Waals surface area contributed by atoms with Gasteiger partial charge in [0.1, 0.15) is 0 Å². The minimum Gasteiger partial charge on any atom is -0.378 e. The van der Waals surface area contributed by atoms with E-state index < -0.39 is 0 Å². The molecule has 2 heterocycles. The molecule has 1 aliphatic heterocycles. The van der Waals surface area contributed by atoms with Crippen LogP contribution >= 0.6 is 0 Å². The SMILES string of the molecule is CC1(C#Cc2cccc(-n3cccn3)c2)COC1. The van der Waals surface area contributed by atoms with Crippen molar-refractivity contribution in [2.24, 2.45) is 5.41 Å². The fourth-order valence-electron chi connectivity index (χ4n) is 1.85. The summed E-state index contributed by atoms with van der Waals surface area (Å²) in [5.41, 5.74) is 2.07. The molecule has 3 rings (SSSR count). The van der Waals surface area contributed by atoms with Gasteiger partial charge in [-0.15, -0.1) is 0 Å². The Morgan fingerprint density at radius 2 is 2.22 bits per heavy atom. The van der Waals surface area contributed by atoms with Gasteiger partial charge in [0.15, 0.2) is 0 Å². The minimum absolute atomic E-state index is 0.0295. The van der Waals surface area contributed by atoms with Crippen LogP contribution in [0.2, 0.25) is 0 Å². The van der Waals surface area contributed by atoms with E-state index in [0.717, 1.165) is 24.5 Å². The van der Waals surface area contributed by atoms with Gasteiger partial charge in [0.25, 0.3) is 0 Å². The van der Waals surface area contributed by atoms with E-state index in [1.165, 1.54) is 0 Å². The summed E-state index contributed by atoms with van der Waals surface area (Å²) in [6, 6.07) is 9.99. The summed E-state index contributed by atoms with van der Waals surface area (Å²) < 4.78 is 7.03. The molecule has 0 bridgehead atoms. The van der Waals surface area contributed by atoms with Crippen LogP contribution in [0.15, 0.2) is 42.7 Å². The Labute approximate surface area is 106 Å². The summed E-state index contributed by atoms with van der Waals surface area (Å²) in [6.07, 6.45) is 3.69. The number of nitrogens with zero attached hydrogens (tertiary/aromatic N) is 2. The topological polar surface area (TPSA) is 27.1 Å². The zero-order chi connectivity index (χ0) is 12.4. The lowest BCUT2D eigenvalue weighted by molar-refractivity contribution is -0.0648. The lowest BCUT2D eigenvalue weighted by Crippen LogP contribution is -2.38. The van der Waals surface area contributed by atoms with E-state index in [2.05, 4.69) is 23.9 Å². The molecule has 18 heavy (non-hydrogen) atoms. The lowest BCUT2D eigenvalue weighted by atomic mass is 9.89. The van der Waals surface area contributed by atoms with Crippen molar-refractivity contribution in [3.63, 3.8) is 0 Å². The Kier molecular flexibility index (Phi) is 2.66. The summed E-state index contributed by atoms with van der Waals surface area (Å²) in [4.78, 5) is 0. The van der Waals surface area contributed by atoms with Crippen molar-refractivity contribution in [3.05, 3.63) is 48.3 Å². The molecule has 0 saturated carbocycles. The Hall–Kier alpha value is -2.05. The van der Waals surface area contributed by atoms with Crippen molar-refractivity contribution in [3.8, 4) is 17.5 Å². The van der Waals surface area contributed by atoms with E-state index in [0.29, 0.717) is 0 Å². The average molecular weight is 238 g/mol. The van der Waals surface area contributed by atoms with Crippen molar-refractivity contribution in [1.82, 2.24) is 9.78 Å². The van der Waals surface area contributed by atoms with Crippen molar-refractivity contribution in [2.45, 2.75) is 6.92 Å². The maximum Gasteiger partial charge on any atom is 0.0756 e. The highest BCUT2D eigenvalue weighted by Gasteiger charge is 2.30. The Balaban J connectivity index is 1.87. The molecule has 0 atom stereocenters. The van der Waals surface area contributed by atoms with Crippen LogP contribution < -0.4 is 0 Å². The zero-order valence-electron chi connectivity index (χ0n) is 10.3.